The molecule has 0 radical (unpaired) electrons. The van der Waals surface area contributed by atoms with Crippen molar-refractivity contribution in [1.29, 1.82) is 0 Å². The zero-order chi connectivity index (χ0) is 19.4. The second-order valence-electron chi connectivity index (χ2n) is 5.79. The van der Waals surface area contributed by atoms with E-state index < -0.39 is 11.9 Å². The minimum atomic E-state index is -0.491. The molecule has 1 aliphatic heterocycles. The van der Waals surface area contributed by atoms with Gasteiger partial charge >= 0.3 is 6.03 Å². The molecule has 1 heterocycles. The maximum Gasteiger partial charge on any atom is 0.329 e. The molecule has 0 atom stereocenters. The summed E-state index contributed by atoms with van der Waals surface area (Å²) in [6.07, 6.45) is 3.05. The van der Waals surface area contributed by atoms with Crippen LogP contribution >= 0.6 is 15.9 Å². The first-order valence-electron chi connectivity index (χ1n) is 8.10. The number of rotatable bonds is 6. The smallest absolute Gasteiger partial charge is 0.329 e. The fraction of sp³-hybridized carbons (Fsp3) is 0.100. The number of amides is 3. The maximum absolute atomic E-state index is 13.0. The monoisotopic (exact) mass is 430 g/mol. The first-order chi connectivity index (χ1) is 13.0. The topological polar surface area (TPSA) is 58.6 Å². The summed E-state index contributed by atoms with van der Waals surface area (Å²) in [5.41, 5.74) is 1.59. The van der Waals surface area contributed by atoms with Crippen molar-refractivity contribution in [2.24, 2.45) is 0 Å². The first-order valence-corrected chi connectivity index (χ1v) is 8.89. The summed E-state index contributed by atoms with van der Waals surface area (Å²) in [5.74, 6) is -0.212. The van der Waals surface area contributed by atoms with Crippen LogP contribution in [-0.4, -0.2) is 23.4 Å². The van der Waals surface area contributed by atoms with Crippen LogP contribution in [0.1, 0.15) is 11.1 Å². The van der Waals surface area contributed by atoms with Crippen LogP contribution in [0, 0.1) is 5.82 Å². The van der Waals surface area contributed by atoms with Crippen molar-refractivity contribution >= 4 is 33.9 Å². The van der Waals surface area contributed by atoms with E-state index in [1.54, 1.807) is 36.4 Å². The molecule has 0 unspecified atom stereocenters. The molecule has 5 nitrogen and oxygen atoms in total. The Kier molecular flexibility index (Phi) is 5.71. The van der Waals surface area contributed by atoms with E-state index in [1.165, 1.54) is 18.2 Å². The molecule has 1 aliphatic rings. The molecule has 1 N–H and O–H groups in total. The number of imide groups is 1. The predicted molar refractivity (Wildman–Crippen MR) is 103 cm³/mol. The molecule has 7 heteroatoms. The minimum Gasteiger partial charge on any atom is -0.488 e. The lowest BCUT2D eigenvalue weighted by molar-refractivity contribution is -0.122. The fourth-order valence-electron chi connectivity index (χ4n) is 2.53. The number of benzene rings is 2. The van der Waals surface area contributed by atoms with Crippen molar-refractivity contribution in [3.05, 3.63) is 82.2 Å². The highest BCUT2D eigenvalue weighted by molar-refractivity contribution is 9.10. The Balaban J connectivity index is 1.84. The number of halogens is 2. The summed E-state index contributed by atoms with van der Waals surface area (Å²) in [6, 6.07) is 10.9. The van der Waals surface area contributed by atoms with Crippen LogP contribution in [0.15, 0.2) is 65.3 Å². The second-order valence-corrected chi connectivity index (χ2v) is 6.71. The molecule has 0 saturated carbocycles. The van der Waals surface area contributed by atoms with Gasteiger partial charge in [-0.15, -0.1) is 6.58 Å². The number of nitrogens with one attached hydrogen (secondary N) is 1. The number of carbonyl (C=O) groups excluding carboxylic acids is 2. The van der Waals surface area contributed by atoms with Gasteiger partial charge in [0.25, 0.3) is 5.91 Å². The Morgan fingerprint density at radius 3 is 2.63 bits per heavy atom. The van der Waals surface area contributed by atoms with Gasteiger partial charge in [0.15, 0.2) is 0 Å². The van der Waals surface area contributed by atoms with Crippen molar-refractivity contribution in [2.75, 3.05) is 6.54 Å². The largest absolute Gasteiger partial charge is 0.488 e. The molecule has 138 valence electrons. The van der Waals surface area contributed by atoms with E-state index in [-0.39, 0.29) is 24.7 Å². The summed E-state index contributed by atoms with van der Waals surface area (Å²) in [6.45, 7) is 3.91. The van der Waals surface area contributed by atoms with E-state index >= 15 is 0 Å². The molecular formula is C20H16BrFN2O3. The molecule has 3 amide bonds. The second kappa shape index (κ2) is 8.18. The Morgan fingerprint density at radius 2 is 1.93 bits per heavy atom. The van der Waals surface area contributed by atoms with Crippen molar-refractivity contribution in [3.8, 4) is 5.75 Å². The molecule has 0 aliphatic carbocycles. The van der Waals surface area contributed by atoms with Crippen LogP contribution in [0.3, 0.4) is 0 Å². The molecule has 2 aromatic rings. The summed E-state index contributed by atoms with van der Waals surface area (Å²) < 4.78 is 19.6. The molecule has 2 aromatic carbocycles. The van der Waals surface area contributed by atoms with Gasteiger partial charge < -0.3 is 10.1 Å². The maximum atomic E-state index is 13.0. The van der Waals surface area contributed by atoms with Gasteiger partial charge in [-0.05, 0) is 42.0 Å². The number of hydrogen-bond acceptors (Lipinski definition) is 3. The van der Waals surface area contributed by atoms with Gasteiger partial charge in [0.2, 0.25) is 0 Å². The highest BCUT2D eigenvalue weighted by Crippen LogP contribution is 2.27. The Bertz CT molecular complexity index is 925. The van der Waals surface area contributed by atoms with Crippen LogP contribution in [0.5, 0.6) is 5.75 Å². The van der Waals surface area contributed by atoms with Crippen molar-refractivity contribution in [2.45, 2.75) is 6.61 Å². The van der Waals surface area contributed by atoms with Crippen LogP contribution in [0.2, 0.25) is 0 Å². The third-order valence-electron chi connectivity index (χ3n) is 3.85. The third-order valence-corrected chi connectivity index (χ3v) is 4.35. The summed E-state index contributed by atoms with van der Waals surface area (Å²) in [7, 11) is 0. The Labute approximate surface area is 164 Å². The third kappa shape index (κ3) is 4.43. The zero-order valence-corrected chi connectivity index (χ0v) is 15.8. The highest BCUT2D eigenvalue weighted by atomic mass is 79.9. The lowest BCUT2D eigenvalue weighted by Gasteiger charge is -2.11. The van der Waals surface area contributed by atoms with Crippen molar-refractivity contribution < 1.29 is 18.7 Å². The molecule has 3 rings (SSSR count). The van der Waals surface area contributed by atoms with Crippen LogP contribution in [0.25, 0.3) is 6.08 Å². The predicted octanol–water partition coefficient (Wildman–Crippen LogP) is 4.25. The van der Waals surface area contributed by atoms with E-state index in [1.807, 2.05) is 0 Å². The lowest BCUT2D eigenvalue weighted by atomic mass is 10.1. The SMILES string of the molecule is C=CCN1C(=O)N/C(=C/c2cc(Br)ccc2OCc2ccc(F)cc2)C1=O. The van der Waals surface area contributed by atoms with E-state index in [0.29, 0.717) is 11.3 Å². The van der Waals surface area contributed by atoms with E-state index in [9.17, 15) is 14.0 Å². The lowest BCUT2D eigenvalue weighted by Crippen LogP contribution is -2.30. The average molecular weight is 431 g/mol. The quantitative estimate of drug-likeness (QED) is 0.423. The van der Waals surface area contributed by atoms with Gasteiger partial charge in [0.05, 0.1) is 0 Å². The Morgan fingerprint density at radius 1 is 1.19 bits per heavy atom. The van der Waals surface area contributed by atoms with E-state index in [0.717, 1.165) is 14.9 Å². The number of carbonyl (C=O) groups is 2. The van der Waals surface area contributed by atoms with Gasteiger partial charge in [0, 0.05) is 16.6 Å². The molecule has 0 bridgehead atoms. The first kappa shape index (κ1) is 18.8. The van der Waals surface area contributed by atoms with Gasteiger partial charge in [-0.2, -0.15) is 0 Å². The van der Waals surface area contributed by atoms with Gasteiger partial charge in [-0.1, -0.05) is 34.1 Å². The minimum absolute atomic E-state index is 0.133. The van der Waals surface area contributed by atoms with Gasteiger partial charge in [-0.3, -0.25) is 9.69 Å². The molecule has 0 aromatic heterocycles. The molecular weight excluding hydrogens is 415 g/mol. The van der Waals surface area contributed by atoms with Crippen molar-refractivity contribution in [1.82, 2.24) is 10.2 Å². The van der Waals surface area contributed by atoms with Crippen LogP contribution < -0.4 is 10.1 Å². The standard InChI is InChI=1S/C20H16BrFN2O3/c1-2-9-24-19(25)17(23-20(24)26)11-14-10-15(21)5-8-18(14)27-12-13-3-6-16(22)7-4-13/h2-8,10-11H,1,9,12H2,(H,23,26)/b17-11+. The number of ether oxygens (including phenoxy) is 1. The highest BCUT2D eigenvalue weighted by Gasteiger charge is 2.32. The Hall–Kier alpha value is -2.93. The number of hydrogen-bond donors (Lipinski definition) is 1. The number of nitrogens with zero attached hydrogens (tertiary/aromatic N) is 1. The fourth-order valence-corrected chi connectivity index (χ4v) is 2.91. The summed E-state index contributed by atoms with van der Waals surface area (Å²) in [5, 5.41) is 2.55. The van der Waals surface area contributed by atoms with E-state index in [2.05, 4.69) is 27.8 Å². The molecule has 1 saturated heterocycles. The number of urea groups is 1. The van der Waals surface area contributed by atoms with Crippen LogP contribution in [-0.2, 0) is 11.4 Å². The molecule has 27 heavy (non-hydrogen) atoms. The summed E-state index contributed by atoms with van der Waals surface area (Å²) >= 11 is 3.39. The van der Waals surface area contributed by atoms with Gasteiger partial charge in [0.1, 0.15) is 23.9 Å². The van der Waals surface area contributed by atoms with E-state index in [4.69, 9.17) is 4.74 Å². The zero-order valence-electron chi connectivity index (χ0n) is 14.2. The average Bonchev–Trinajstić information content (AvgIpc) is 2.90. The normalized spacial score (nSPS) is 15.2. The molecule has 1 fully saturated rings. The summed E-state index contributed by atoms with van der Waals surface area (Å²) in [4.78, 5) is 25.3. The van der Waals surface area contributed by atoms with Crippen molar-refractivity contribution in [3.63, 3.8) is 0 Å². The molecule has 0 spiro atoms. The van der Waals surface area contributed by atoms with Gasteiger partial charge in [-0.25, -0.2) is 9.18 Å². The van der Waals surface area contributed by atoms with Crippen LogP contribution in [0.4, 0.5) is 9.18 Å².